The molecule has 1 saturated heterocycles. The summed E-state index contributed by atoms with van der Waals surface area (Å²) in [6.07, 6.45) is 5.25. The topological polar surface area (TPSA) is 66.8 Å². The van der Waals surface area contributed by atoms with E-state index in [1.54, 1.807) is 19.3 Å². The average molecular weight is 397 g/mol. The molecule has 1 aliphatic rings. The van der Waals surface area contributed by atoms with Crippen molar-refractivity contribution < 1.29 is 23.8 Å². The molecule has 0 aliphatic carbocycles. The first-order chi connectivity index (χ1) is 14.0. The number of nitrogens with zero attached hydrogens (tertiary/aromatic N) is 1. The lowest BCUT2D eigenvalue weighted by Gasteiger charge is -2.14. The van der Waals surface area contributed by atoms with Crippen LogP contribution in [0.25, 0.3) is 6.08 Å². The average Bonchev–Trinajstić information content (AvgIpc) is 3.34. The molecule has 1 aromatic carbocycles. The van der Waals surface area contributed by atoms with Gasteiger partial charge >= 0.3 is 5.97 Å². The van der Waals surface area contributed by atoms with E-state index >= 15 is 0 Å². The van der Waals surface area contributed by atoms with Crippen LogP contribution in [-0.2, 0) is 20.8 Å². The van der Waals surface area contributed by atoms with Gasteiger partial charge in [0.15, 0.2) is 6.61 Å². The van der Waals surface area contributed by atoms with Crippen molar-refractivity contribution in [3.8, 4) is 5.75 Å². The summed E-state index contributed by atoms with van der Waals surface area (Å²) < 4.78 is 18.1. The maximum Gasteiger partial charge on any atom is 0.331 e. The van der Waals surface area contributed by atoms with Crippen LogP contribution in [0.5, 0.6) is 5.75 Å². The van der Waals surface area contributed by atoms with Gasteiger partial charge in [0, 0.05) is 36.2 Å². The summed E-state index contributed by atoms with van der Waals surface area (Å²) in [7, 11) is 1.58. The lowest BCUT2D eigenvalue weighted by atomic mass is 10.1. The predicted molar refractivity (Wildman–Crippen MR) is 110 cm³/mol. The summed E-state index contributed by atoms with van der Waals surface area (Å²) in [6, 6.07) is 9.16. The predicted octanol–water partition coefficient (Wildman–Crippen LogP) is 3.73. The molecule has 0 N–H and O–H groups in total. The summed E-state index contributed by atoms with van der Waals surface area (Å²) in [4.78, 5) is 24.5. The molecule has 0 unspecified atom stereocenters. The molecule has 1 aliphatic heterocycles. The Bertz CT molecular complexity index is 906. The van der Waals surface area contributed by atoms with Crippen LogP contribution in [0.15, 0.2) is 36.4 Å². The molecule has 1 fully saturated rings. The molecule has 29 heavy (non-hydrogen) atoms. The molecule has 3 rings (SSSR count). The largest absolute Gasteiger partial charge is 0.497 e. The normalized spacial score (nSPS) is 16.3. The number of ketones is 1. The fourth-order valence-corrected chi connectivity index (χ4v) is 3.53. The van der Waals surface area contributed by atoms with Crippen LogP contribution in [-0.4, -0.2) is 42.7 Å². The van der Waals surface area contributed by atoms with Crippen LogP contribution in [0.4, 0.5) is 0 Å². The van der Waals surface area contributed by atoms with Crippen molar-refractivity contribution in [2.45, 2.75) is 39.3 Å². The lowest BCUT2D eigenvalue weighted by Crippen LogP contribution is -2.18. The summed E-state index contributed by atoms with van der Waals surface area (Å²) in [5.74, 6) is -0.0665. The fourth-order valence-electron chi connectivity index (χ4n) is 3.53. The van der Waals surface area contributed by atoms with E-state index in [0.29, 0.717) is 11.3 Å². The number of benzene rings is 1. The van der Waals surface area contributed by atoms with Crippen molar-refractivity contribution in [3.05, 3.63) is 58.9 Å². The van der Waals surface area contributed by atoms with Gasteiger partial charge in [-0.05, 0) is 56.5 Å². The molecule has 154 valence electrons. The van der Waals surface area contributed by atoms with Crippen molar-refractivity contribution in [2.75, 3.05) is 20.3 Å². The summed E-state index contributed by atoms with van der Waals surface area (Å²) in [5.41, 5.74) is 3.28. The van der Waals surface area contributed by atoms with Gasteiger partial charge in [-0.25, -0.2) is 4.79 Å². The number of Topliss-reactive ketones (excluding diaryl/α,β-unsaturated/α-hetero) is 1. The number of rotatable bonds is 8. The molecule has 0 amide bonds. The van der Waals surface area contributed by atoms with Crippen molar-refractivity contribution in [2.24, 2.45) is 0 Å². The molecule has 6 heteroatoms. The van der Waals surface area contributed by atoms with E-state index in [9.17, 15) is 9.59 Å². The van der Waals surface area contributed by atoms with Gasteiger partial charge in [0.25, 0.3) is 0 Å². The van der Waals surface area contributed by atoms with Crippen LogP contribution >= 0.6 is 0 Å². The maximum absolute atomic E-state index is 12.6. The number of carbonyl (C=O) groups is 2. The van der Waals surface area contributed by atoms with Crippen LogP contribution in [0, 0.1) is 13.8 Å². The number of aryl methyl sites for hydroxylation is 1. The van der Waals surface area contributed by atoms with Crippen LogP contribution < -0.4 is 4.74 Å². The number of esters is 1. The molecule has 0 bridgehead atoms. The molecular formula is C23H27NO5. The maximum atomic E-state index is 12.6. The zero-order valence-electron chi connectivity index (χ0n) is 17.1. The number of methoxy groups -OCH3 is 1. The SMILES string of the molecule is COc1cccc(/C=C/C(=O)OCC(=O)c2cc(C)n(C[C@@H]3CCCO3)c2C)c1. The third-order valence-electron chi connectivity index (χ3n) is 5.14. The molecule has 1 atom stereocenters. The second-order valence-electron chi connectivity index (χ2n) is 7.17. The molecule has 2 heterocycles. The van der Waals surface area contributed by atoms with Crippen molar-refractivity contribution in [3.63, 3.8) is 0 Å². The van der Waals surface area contributed by atoms with Gasteiger partial charge in [-0.1, -0.05) is 12.1 Å². The van der Waals surface area contributed by atoms with Crippen LogP contribution in [0.1, 0.15) is 40.2 Å². The van der Waals surface area contributed by atoms with Gasteiger partial charge in [-0.2, -0.15) is 0 Å². The van der Waals surface area contributed by atoms with Gasteiger partial charge in [-0.15, -0.1) is 0 Å². The molecule has 1 aromatic heterocycles. The number of ether oxygens (including phenoxy) is 3. The third kappa shape index (κ3) is 5.35. The molecule has 0 saturated carbocycles. The minimum Gasteiger partial charge on any atom is -0.497 e. The Morgan fingerprint density at radius 1 is 1.28 bits per heavy atom. The first-order valence-electron chi connectivity index (χ1n) is 9.78. The van der Waals surface area contributed by atoms with Gasteiger partial charge < -0.3 is 18.8 Å². The number of aromatic nitrogens is 1. The van der Waals surface area contributed by atoms with E-state index in [0.717, 1.165) is 42.9 Å². The lowest BCUT2D eigenvalue weighted by molar-refractivity contribution is -0.136. The van der Waals surface area contributed by atoms with E-state index in [2.05, 4.69) is 4.57 Å². The zero-order chi connectivity index (χ0) is 20.8. The third-order valence-corrected chi connectivity index (χ3v) is 5.14. The van der Waals surface area contributed by atoms with E-state index < -0.39 is 5.97 Å². The molecule has 6 nitrogen and oxygen atoms in total. The summed E-state index contributed by atoms with van der Waals surface area (Å²) in [6.45, 7) is 5.15. The van der Waals surface area contributed by atoms with E-state index in [1.165, 1.54) is 6.08 Å². The summed E-state index contributed by atoms with van der Waals surface area (Å²) in [5, 5.41) is 0. The van der Waals surface area contributed by atoms with Crippen molar-refractivity contribution in [1.82, 2.24) is 4.57 Å². The molecule has 0 spiro atoms. The second-order valence-corrected chi connectivity index (χ2v) is 7.17. The molecule has 0 radical (unpaired) electrons. The Kier molecular flexibility index (Phi) is 6.88. The van der Waals surface area contributed by atoms with E-state index in [-0.39, 0.29) is 18.5 Å². The Hall–Kier alpha value is -2.86. The van der Waals surface area contributed by atoms with Gasteiger partial charge in [0.1, 0.15) is 5.75 Å². The van der Waals surface area contributed by atoms with Gasteiger partial charge in [-0.3, -0.25) is 4.79 Å². The highest BCUT2D eigenvalue weighted by Gasteiger charge is 2.21. The smallest absolute Gasteiger partial charge is 0.331 e. The Balaban J connectivity index is 1.57. The van der Waals surface area contributed by atoms with Gasteiger partial charge in [0.05, 0.1) is 13.2 Å². The zero-order valence-corrected chi connectivity index (χ0v) is 17.1. The van der Waals surface area contributed by atoms with Gasteiger partial charge in [0.2, 0.25) is 5.78 Å². The van der Waals surface area contributed by atoms with Crippen molar-refractivity contribution in [1.29, 1.82) is 0 Å². The highest BCUT2D eigenvalue weighted by atomic mass is 16.5. The van der Waals surface area contributed by atoms with Crippen LogP contribution in [0.3, 0.4) is 0 Å². The minimum atomic E-state index is -0.561. The monoisotopic (exact) mass is 397 g/mol. The molecular weight excluding hydrogens is 370 g/mol. The highest BCUT2D eigenvalue weighted by Crippen LogP contribution is 2.21. The highest BCUT2D eigenvalue weighted by molar-refractivity contribution is 6.00. The second kappa shape index (κ2) is 9.56. The standard InChI is InChI=1S/C23H27NO5/c1-16-12-21(17(2)24(16)14-20-8-5-11-28-20)22(25)15-29-23(26)10-9-18-6-4-7-19(13-18)27-3/h4,6-7,9-10,12-13,20H,5,8,11,14-15H2,1-3H3/b10-9+/t20-/m0/s1. The first-order valence-corrected chi connectivity index (χ1v) is 9.78. The number of carbonyl (C=O) groups excluding carboxylic acids is 2. The van der Waals surface area contributed by atoms with E-state index in [1.807, 2.05) is 38.1 Å². The van der Waals surface area contributed by atoms with E-state index in [4.69, 9.17) is 14.2 Å². The summed E-state index contributed by atoms with van der Waals surface area (Å²) >= 11 is 0. The number of hydrogen-bond donors (Lipinski definition) is 0. The minimum absolute atomic E-state index is 0.197. The Labute approximate surface area is 171 Å². The Morgan fingerprint density at radius 2 is 2.10 bits per heavy atom. The first kappa shape index (κ1) is 20.9. The molecule has 2 aromatic rings. The number of hydrogen-bond acceptors (Lipinski definition) is 5. The Morgan fingerprint density at radius 3 is 2.83 bits per heavy atom. The fraction of sp³-hybridized carbons (Fsp3) is 0.391. The van der Waals surface area contributed by atoms with Crippen LogP contribution in [0.2, 0.25) is 0 Å². The quantitative estimate of drug-likeness (QED) is 0.386. The van der Waals surface area contributed by atoms with Crippen molar-refractivity contribution >= 4 is 17.8 Å².